The molecule has 14 heavy (non-hydrogen) atoms. The molecule has 0 radical (unpaired) electrons. The molecule has 70 valence electrons. The van der Waals surface area contributed by atoms with E-state index in [9.17, 15) is 0 Å². The summed E-state index contributed by atoms with van der Waals surface area (Å²) in [5.74, 6) is 0. The maximum absolute atomic E-state index is 5.66. The van der Waals surface area contributed by atoms with Crippen LogP contribution in [0.15, 0.2) is 46.7 Å². The molecular weight excluding hydrogens is 218 g/mol. The molecule has 0 spiro atoms. The number of rotatable bonds is 2. The van der Waals surface area contributed by atoms with Gasteiger partial charge in [0.05, 0.1) is 0 Å². The molecule has 0 atom stereocenters. The summed E-state index contributed by atoms with van der Waals surface area (Å²) in [7, 11) is 0. The lowest BCUT2D eigenvalue weighted by Gasteiger charge is -1.99. The van der Waals surface area contributed by atoms with Crippen LogP contribution in [0, 0.1) is 0 Å². The molecule has 0 aromatic carbocycles. The second-order valence-corrected chi connectivity index (χ2v) is 3.88. The summed E-state index contributed by atoms with van der Waals surface area (Å²) in [6.07, 6.45) is 5.12. The minimum absolute atomic E-state index is 0.268. The van der Waals surface area contributed by atoms with Gasteiger partial charge in [-0.25, -0.2) is 9.97 Å². The number of halogens is 1. The van der Waals surface area contributed by atoms with Crippen molar-refractivity contribution in [2.45, 2.75) is 9.92 Å². The Morgan fingerprint density at radius 1 is 1.07 bits per heavy atom. The van der Waals surface area contributed by atoms with Crippen LogP contribution in [0.4, 0.5) is 0 Å². The Morgan fingerprint density at radius 3 is 2.57 bits per heavy atom. The molecule has 0 bridgehead atoms. The molecule has 0 amide bonds. The number of pyridine rings is 1. The van der Waals surface area contributed by atoms with Gasteiger partial charge >= 0.3 is 0 Å². The largest absolute Gasteiger partial charge is 0.265 e. The highest BCUT2D eigenvalue weighted by Crippen LogP contribution is 2.25. The van der Waals surface area contributed by atoms with E-state index in [4.69, 9.17) is 11.6 Å². The van der Waals surface area contributed by atoms with E-state index < -0.39 is 0 Å². The van der Waals surface area contributed by atoms with Crippen LogP contribution >= 0.6 is 23.4 Å². The second kappa shape index (κ2) is 4.39. The Bertz CT molecular complexity index is 421. The number of hydrogen-bond acceptors (Lipinski definition) is 4. The lowest BCUT2D eigenvalue weighted by molar-refractivity contribution is 1.05. The fourth-order valence-electron chi connectivity index (χ4n) is 0.903. The number of nitrogens with zero attached hydrogens (tertiary/aromatic N) is 3. The second-order valence-electron chi connectivity index (χ2n) is 2.45. The van der Waals surface area contributed by atoms with E-state index >= 15 is 0 Å². The van der Waals surface area contributed by atoms with E-state index in [2.05, 4.69) is 15.0 Å². The van der Waals surface area contributed by atoms with Gasteiger partial charge in [-0.1, -0.05) is 11.8 Å². The summed E-state index contributed by atoms with van der Waals surface area (Å²) in [5.41, 5.74) is 0. The summed E-state index contributed by atoms with van der Waals surface area (Å²) >= 11 is 7.19. The molecule has 0 saturated carbocycles. The highest BCUT2D eigenvalue weighted by atomic mass is 35.5. The normalized spacial score (nSPS) is 10.1. The predicted octanol–water partition coefficient (Wildman–Crippen LogP) is 2.68. The third-order valence-electron chi connectivity index (χ3n) is 1.47. The minimum atomic E-state index is 0.268. The predicted molar refractivity (Wildman–Crippen MR) is 55.4 cm³/mol. The zero-order valence-corrected chi connectivity index (χ0v) is 8.66. The molecule has 5 heteroatoms. The maximum atomic E-state index is 5.66. The Labute approximate surface area is 90.6 Å². The van der Waals surface area contributed by atoms with Crippen molar-refractivity contribution in [2.75, 3.05) is 0 Å². The summed E-state index contributed by atoms with van der Waals surface area (Å²) in [6, 6.07) is 5.65. The van der Waals surface area contributed by atoms with Crippen molar-refractivity contribution < 1.29 is 0 Å². The lowest BCUT2D eigenvalue weighted by Crippen LogP contribution is -1.83. The topological polar surface area (TPSA) is 38.7 Å². The van der Waals surface area contributed by atoms with Gasteiger partial charge in [-0.3, -0.25) is 4.98 Å². The van der Waals surface area contributed by atoms with Gasteiger partial charge in [0.25, 0.3) is 0 Å². The zero-order chi connectivity index (χ0) is 9.80. The van der Waals surface area contributed by atoms with Crippen molar-refractivity contribution in [1.82, 2.24) is 15.0 Å². The number of aromatic nitrogens is 3. The molecule has 0 N–H and O–H groups in total. The Balaban J connectivity index is 2.19. The van der Waals surface area contributed by atoms with Crippen molar-refractivity contribution in [1.29, 1.82) is 0 Å². The first-order valence-corrected chi connectivity index (χ1v) is 5.10. The molecule has 2 rings (SSSR count). The molecule has 0 aliphatic carbocycles. The van der Waals surface area contributed by atoms with Gasteiger partial charge in [0.1, 0.15) is 5.03 Å². The van der Waals surface area contributed by atoms with Crippen LogP contribution < -0.4 is 0 Å². The zero-order valence-electron chi connectivity index (χ0n) is 7.09. The molecule has 2 aromatic rings. The van der Waals surface area contributed by atoms with Crippen LogP contribution in [0.1, 0.15) is 0 Å². The third kappa shape index (κ3) is 2.43. The molecule has 0 aliphatic rings. The van der Waals surface area contributed by atoms with Gasteiger partial charge < -0.3 is 0 Å². The van der Waals surface area contributed by atoms with Gasteiger partial charge in [-0.15, -0.1) is 0 Å². The quantitative estimate of drug-likeness (QED) is 0.580. The van der Waals surface area contributed by atoms with Gasteiger partial charge in [0.2, 0.25) is 5.28 Å². The van der Waals surface area contributed by atoms with Crippen LogP contribution in [0.3, 0.4) is 0 Å². The fourth-order valence-corrected chi connectivity index (χ4v) is 1.86. The molecule has 3 nitrogen and oxygen atoms in total. The van der Waals surface area contributed by atoms with E-state index in [0.29, 0.717) is 0 Å². The van der Waals surface area contributed by atoms with Crippen LogP contribution in [-0.2, 0) is 0 Å². The molecule has 0 aliphatic heterocycles. The molecule has 0 unspecified atom stereocenters. The van der Waals surface area contributed by atoms with Crippen LogP contribution in [-0.4, -0.2) is 15.0 Å². The molecule has 0 fully saturated rings. The SMILES string of the molecule is Clc1nccc(Sc2ccncc2)n1. The van der Waals surface area contributed by atoms with Gasteiger partial charge in [-0.2, -0.15) is 0 Å². The van der Waals surface area contributed by atoms with Crippen molar-refractivity contribution >= 4 is 23.4 Å². The van der Waals surface area contributed by atoms with E-state index in [1.807, 2.05) is 18.2 Å². The van der Waals surface area contributed by atoms with Crippen molar-refractivity contribution in [3.8, 4) is 0 Å². The first-order chi connectivity index (χ1) is 6.84. The third-order valence-corrected chi connectivity index (χ3v) is 2.60. The van der Waals surface area contributed by atoms with E-state index in [1.54, 1.807) is 18.6 Å². The summed E-state index contributed by atoms with van der Waals surface area (Å²) < 4.78 is 0. The highest BCUT2D eigenvalue weighted by Gasteiger charge is 1.99. The molecule has 2 heterocycles. The summed E-state index contributed by atoms with van der Waals surface area (Å²) in [4.78, 5) is 12.9. The Kier molecular flexibility index (Phi) is 2.96. The first-order valence-electron chi connectivity index (χ1n) is 3.91. The Morgan fingerprint density at radius 2 is 1.86 bits per heavy atom. The average Bonchev–Trinajstić information content (AvgIpc) is 2.19. The van der Waals surface area contributed by atoms with Crippen molar-refractivity contribution in [3.63, 3.8) is 0 Å². The van der Waals surface area contributed by atoms with E-state index in [0.717, 1.165) is 9.92 Å². The standard InChI is InChI=1S/C9H6ClN3S/c10-9-12-6-3-8(13-9)14-7-1-4-11-5-2-7/h1-6H. The van der Waals surface area contributed by atoms with Crippen molar-refractivity contribution in [2.24, 2.45) is 0 Å². The van der Waals surface area contributed by atoms with Crippen LogP contribution in [0.25, 0.3) is 0 Å². The average molecular weight is 224 g/mol. The maximum Gasteiger partial charge on any atom is 0.223 e. The van der Waals surface area contributed by atoms with Gasteiger partial charge in [-0.05, 0) is 29.8 Å². The van der Waals surface area contributed by atoms with Gasteiger partial charge in [0.15, 0.2) is 0 Å². The smallest absolute Gasteiger partial charge is 0.223 e. The monoisotopic (exact) mass is 223 g/mol. The minimum Gasteiger partial charge on any atom is -0.265 e. The molecule has 0 saturated heterocycles. The Hall–Kier alpha value is -1.13. The number of hydrogen-bond donors (Lipinski definition) is 0. The molecular formula is C9H6ClN3S. The molecule has 2 aromatic heterocycles. The fraction of sp³-hybridized carbons (Fsp3) is 0. The van der Waals surface area contributed by atoms with Gasteiger partial charge in [0, 0.05) is 23.5 Å². The van der Waals surface area contributed by atoms with E-state index in [1.165, 1.54) is 11.8 Å². The van der Waals surface area contributed by atoms with Crippen LogP contribution in [0.2, 0.25) is 5.28 Å². The lowest BCUT2D eigenvalue weighted by atomic mass is 10.5. The first kappa shape index (κ1) is 9.43. The van der Waals surface area contributed by atoms with E-state index in [-0.39, 0.29) is 5.28 Å². The highest BCUT2D eigenvalue weighted by molar-refractivity contribution is 7.99. The summed E-state index contributed by atoms with van der Waals surface area (Å²) in [6.45, 7) is 0. The van der Waals surface area contributed by atoms with Crippen LogP contribution in [0.5, 0.6) is 0 Å². The summed E-state index contributed by atoms with van der Waals surface area (Å²) in [5, 5.41) is 1.10. The van der Waals surface area contributed by atoms with Crippen molar-refractivity contribution in [3.05, 3.63) is 42.1 Å².